The van der Waals surface area contributed by atoms with Crippen molar-refractivity contribution in [2.45, 2.75) is 12.8 Å². The molecule has 10 heteroatoms. The van der Waals surface area contributed by atoms with E-state index in [0.29, 0.717) is 33.9 Å². The number of nitrogens with two attached hydrogens (primary N) is 1. The number of aliphatic carboxylic acids is 1. The lowest BCUT2D eigenvalue weighted by atomic mass is 9.99. The molecule has 0 spiro atoms. The van der Waals surface area contributed by atoms with Gasteiger partial charge >= 0.3 is 5.97 Å². The number of ether oxygens (including phenoxy) is 1. The predicted octanol–water partition coefficient (Wildman–Crippen LogP) is 2.08. The minimum Gasteiger partial charge on any atom is -0.482 e. The van der Waals surface area contributed by atoms with Gasteiger partial charge in [-0.1, -0.05) is 39.7 Å². The SMILES string of the molecule is NC(=NO)c1ccc(C(CCC(=NO)c2ccc(OCC(=O)O)cc2)=NO)cc1. The molecule has 2 aromatic carbocycles. The van der Waals surface area contributed by atoms with Gasteiger partial charge in [0.05, 0.1) is 11.4 Å². The largest absolute Gasteiger partial charge is 0.482 e. The fourth-order valence-electron chi connectivity index (χ4n) is 2.52. The van der Waals surface area contributed by atoms with E-state index in [9.17, 15) is 15.2 Å². The number of carbonyl (C=O) groups is 1. The van der Waals surface area contributed by atoms with Crippen molar-refractivity contribution in [3.8, 4) is 5.75 Å². The summed E-state index contributed by atoms with van der Waals surface area (Å²) in [6.07, 6.45) is 0.545. The highest BCUT2D eigenvalue weighted by Gasteiger charge is 2.11. The lowest BCUT2D eigenvalue weighted by molar-refractivity contribution is -0.139. The van der Waals surface area contributed by atoms with Crippen LogP contribution >= 0.6 is 0 Å². The standard InChI is InChI=1S/C19H20N4O6/c20-19(23-28)14-3-1-12(2-4-14)16(21-26)9-10-17(22-27)13-5-7-15(8-6-13)29-11-18(24)25/h1-8,26-28H,9-11H2,(H2,20,23)(H,24,25). The average Bonchev–Trinajstić information content (AvgIpc) is 2.75. The van der Waals surface area contributed by atoms with Crippen molar-refractivity contribution in [3.05, 3.63) is 65.2 Å². The zero-order chi connectivity index (χ0) is 21.2. The number of benzene rings is 2. The van der Waals surface area contributed by atoms with Gasteiger partial charge in [-0.05, 0) is 48.2 Å². The van der Waals surface area contributed by atoms with E-state index in [1.807, 2.05) is 0 Å². The van der Waals surface area contributed by atoms with Gasteiger partial charge in [-0.3, -0.25) is 0 Å². The monoisotopic (exact) mass is 400 g/mol. The molecule has 0 fully saturated rings. The molecule has 0 aromatic heterocycles. The Balaban J connectivity index is 2.04. The highest BCUT2D eigenvalue weighted by Crippen LogP contribution is 2.16. The Morgan fingerprint density at radius 2 is 1.24 bits per heavy atom. The second-order valence-electron chi connectivity index (χ2n) is 5.86. The van der Waals surface area contributed by atoms with E-state index in [1.54, 1.807) is 48.5 Å². The maximum absolute atomic E-state index is 10.5. The van der Waals surface area contributed by atoms with Gasteiger partial charge in [-0.25, -0.2) is 4.79 Å². The van der Waals surface area contributed by atoms with Gasteiger partial charge < -0.3 is 31.2 Å². The summed E-state index contributed by atoms with van der Waals surface area (Å²) in [5, 5.41) is 45.5. The molecule has 0 saturated carbocycles. The number of hydrogen-bond donors (Lipinski definition) is 5. The molecule has 29 heavy (non-hydrogen) atoms. The van der Waals surface area contributed by atoms with Gasteiger partial charge in [0.25, 0.3) is 0 Å². The molecule has 0 aliphatic rings. The summed E-state index contributed by atoms with van der Waals surface area (Å²) in [5.74, 6) is -0.747. The maximum atomic E-state index is 10.5. The van der Waals surface area contributed by atoms with Crippen LogP contribution in [0, 0.1) is 0 Å². The number of amidine groups is 1. The molecule has 10 nitrogen and oxygen atoms in total. The van der Waals surface area contributed by atoms with E-state index in [-0.39, 0.29) is 18.7 Å². The van der Waals surface area contributed by atoms with Crippen LogP contribution in [0.25, 0.3) is 0 Å². The maximum Gasteiger partial charge on any atom is 0.341 e. The molecule has 0 saturated heterocycles. The normalized spacial score (nSPS) is 12.6. The molecule has 152 valence electrons. The van der Waals surface area contributed by atoms with Crippen molar-refractivity contribution in [1.82, 2.24) is 0 Å². The van der Waals surface area contributed by atoms with Gasteiger partial charge in [0.2, 0.25) is 0 Å². The van der Waals surface area contributed by atoms with E-state index >= 15 is 0 Å². The average molecular weight is 400 g/mol. The Bertz CT molecular complexity index is 921. The molecular formula is C19H20N4O6. The number of carboxylic acids is 1. The van der Waals surface area contributed by atoms with E-state index < -0.39 is 12.6 Å². The first-order chi connectivity index (χ1) is 14.0. The first-order valence-electron chi connectivity index (χ1n) is 8.43. The number of hydrogen-bond acceptors (Lipinski definition) is 8. The summed E-state index contributed by atoms with van der Waals surface area (Å²) in [6, 6.07) is 13.0. The van der Waals surface area contributed by atoms with Crippen LogP contribution in [0.3, 0.4) is 0 Å². The van der Waals surface area contributed by atoms with Crippen molar-refractivity contribution >= 4 is 23.2 Å². The summed E-state index contributed by atoms with van der Waals surface area (Å²) in [5.41, 5.74) is 7.97. The minimum atomic E-state index is -1.08. The summed E-state index contributed by atoms with van der Waals surface area (Å²) in [6.45, 7) is -0.453. The lowest BCUT2D eigenvalue weighted by Crippen LogP contribution is -2.13. The highest BCUT2D eigenvalue weighted by molar-refractivity contribution is 6.06. The quantitative estimate of drug-likeness (QED) is 0.186. The van der Waals surface area contributed by atoms with Crippen LogP contribution in [0.2, 0.25) is 0 Å². The number of nitrogens with zero attached hydrogens (tertiary/aromatic N) is 3. The fraction of sp³-hybridized carbons (Fsp3) is 0.158. The Morgan fingerprint density at radius 3 is 1.66 bits per heavy atom. The van der Waals surface area contributed by atoms with Crippen LogP contribution in [0.5, 0.6) is 5.75 Å². The third-order valence-corrected chi connectivity index (χ3v) is 4.01. The van der Waals surface area contributed by atoms with Crippen molar-refractivity contribution in [2.75, 3.05) is 6.61 Å². The van der Waals surface area contributed by atoms with Gasteiger partial charge in [-0.15, -0.1) is 0 Å². The Morgan fingerprint density at radius 1 is 0.793 bits per heavy atom. The van der Waals surface area contributed by atoms with E-state index in [2.05, 4.69) is 15.5 Å². The Kier molecular flexibility index (Phi) is 7.54. The third kappa shape index (κ3) is 5.96. The number of rotatable bonds is 9. The molecule has 0 heterocycles. The molecule has 0 radical (unpaired) electrons. The molecule has 0 aliphatic heterocycles. The second kappa shape index (κ2) is 10.3. The minimum absolute atomic E-state index is 0.0375. The zero-order valence-electron chi connectivity index (χ0n) is 15.3. The van der Waals surface area contributed by atoms with Crippen molar-refractivity contribution in [3.63, 3.8) is 0 Å². The molecule has 2 aromatic rings. The Hall–Kier alpha value is -4.08. The lowest BCUT2D eigenvalue weighted by Gasteiger charge is -2.09. The van der Waals surface area contributed by atoms with Crippen LogP contribution in [0.15, 0.2) is 64.0 Å². The van der Waals surface area contributed by atoms with Crippen LogP contribution < -0.4 is 10.5 Å². The highest BCUT2D eigenvalue weighted by atomic mass is 16.5. The molecular weight excluding hydrogens is 380 g/mol. The smallest absolute Gasteiger partial charge is 0.341 e. The first-order valence-corrected chi connectivity index (χ1v) is 8.43. The predicted molar refractivity (Wildman–Crippen MR) is 104 cm³/mol. The Labute approximate surface area is 165 Å². The summed E-state index contributed by atoms with van der Waals surface area (Å²) < 4.78 is 5.06. The molecule has 2 rings (SSSR count). The molecule has 0 aliphatic carbocycles. The zero-order valence-corrected chi connectivity index (χ0v) is 15.3. The second-order valence-corrected chi connectivity index (χ2v) is 5.86. The van der Waals surface area contributed by atoms with E-state index in [1.165, 1.54) is 0 Å². The van der Waals surface area contributed by atoms with Gasteiger partial charge in [0, 0.05) is 5.56 Å². The third-order valence-electron chi connectivity index (χ3n) is 4.01. The fourth-order valence-corrected chi connectivity index (χ4v) is 2.52. The van der Waals surface area contributed by atoms with E-state index in [4.69, 9.17) is 20.8 Å². The van der Waals surface area contributed by atoms with Crippen molar-refractivity contribution < 1.29 is 30.3 Å². The van der Waals surface area contributed by atoms with Crippen molar-refractivity contribution in [2.24, 2.45) is 21.2 Å². The van der Waals surface area contributed by atoms with Crippen LogP contribution in [0.4, 0.5) is 0 Å². The van der Waals surface area contributed by atoms with Crippen LogP contribution in [-0.2, 0) is 4.79 Å². The molecule has 0 unspecified atom stereocenters. The number of oxime groups is 3. The molecule has 0 bridgehead atoms. The van der Waals surface area contributed by atoms with Crippen LogP contribution in [-0.4, -0.2) is 50.6 Å². The topological polar surface area (TPSA) is 170 Å². The first kappa shape index (κ1) is 21.2. The van der Waals surface area contributed by atoms with Crippen LogP contribution in [0.1, 0.15) is 29.5 Å². The summed E-state index contributed by atoms with van der Waals surface area (Å²) in [4.78, 5) is 10.5. The number of carboxylic acid groups (broad SMARTS) is 1. The molecule has 0 atom stereocenters. The molecule has 0 amide bonds. The summed E-state index contributed by atoms with van der Waals surface area (Å²) >= 11 is 0. The van der Waals surface area contributed by atoms with Gasteiger partial charge in [0.15, 0.2) is 12.4 Å². The summed E-state index contributed by atoms with van der Waals surface area (Å²) in [7, 11) is 0. The van der Waals surface area contributed by atoms with Crippen molar-refractivity contribution in [1.29, 1.82) is 0 Å². The molecule has 6 N–H and O–H groups in total. The van der Waals surface area contributed by atoms with Gasteiger partial charge in [-0.2, -0.15) is 0 Å². The van der Waals surface area contributed by atoms with E-state index in [0.717, 1.165) is 0 Å². The van der Waals surface area contributed by atoms with Gasteiger partial charge in [0.1, 0.15) is 5.75 Å².